The number of nitrogens with one attached hydrogen (secondary N) is 1. The number of amides is 1. The molecule has 3 rings (SSSR count). The van der Waals surface area contributed by atoms with Crippen molar-refractivity contribution in [3.8, 4) is 11.4 Å². The van der Waals surface area contributed by atoms with Gasteiger partial charge in [0.2, 0.25) is 5.91 Å². The van der Waals surface area contributed by atoms with Crippen molar-refractivity contribution in [2.24, 2.45) is 7.05 Å². The number of thioether (sulfide) groups is 1. The van der Waals surface area contributed by atoms with Gasteiger partial charge >= 0.3 is 0 Å². The molecule has 1 N–H and O–H groups in total. The summed E-state index contributed by atoms with van der Waals surface area (Å²) in [4.78, 5) is 12.1. The predicted molar refractivity (Wildman–Crippen MR) is 105 cm³/mol. The summed E-state index contributed by atoms with van der Waals surface area (Å²) in [7, 11) is 1.88. The molecule has 0 bridgehead atoms. The average Bonchev–Trinajstić information content (AvgIpc) is 2.96. The van der Waals surface area contributed by atoms with E-state index in [1.165, 1.54) is 11.8 Å². The zero-order chi connectivity index (χ0) is 17.8. The van der Waals surface area contributed by atoms with Crippen LogP contribution in [-0.2, 0) is 11.8 Å². The van der Waals surface area contributed by atoms with Gasteiger partial charge < -0.3 is 9.88 Å². The van der Waals surface area contributed by atoms with E-state index in [1.807, 2.05) is 48.0 Å². The van der Waals surface area contributed by atoms with Crippen molar-refractivity contribution in [2.45, 2.75) is 5.16 Å². The number of anilines is 1. The first-order chi connectivity index (χ1) is 12.1. The first-order valence-corrected chi connectivity index (χ1v) is 9.53. The van der Waals surface area contributed by atoms with Crippen molar-refractivity contribution in [1.82, 2.24) is 14.8 Å². The van der Waals surface area contributed by atoms with Gasteiger partial charge in [-0.3, -0.25) is 4.79 Å². The van der Waals surface area contributed by atoms with E-state index in [2.05, 4.69) is 31.4 Å². The molecule has 0 fully saturated rings. The van der Waals surface area contributed by atoms with Crippen LogP contribution in [0.2, 0.25) is 5.02 Å². The largest absolute Gasteiger partial charge is 0.324 e. The van der Waals surface area contributed by atoms with Crippen LogP contribution in [0.4, 0.5) is 5.69 Å². The van der Waals surface area contributed by atoms with Crippen LogP contribution in [0, 0.1) is 0 Å². The molecule has 8 heteroatoms. The van der Waals surface area contributed by atoms with E-state index >= 15 is 0 Å². The highest BCUT2D eigenvalue weighted by Gasteiger charge is 2.15. The summed E-state index contributed by atoms with van der Waals surface area (Å²) in [6.07, 6.45) is 0. The highest BCUT2D eigenvalue weighted by Crippen LogP contribution is 2.28. The fourth-order valence-corrected chi connectivity index (χ4v) is 3.55. The maximum atomic E-state index is 12.1. The molecule has 0 aliphatic carbocycles. The highest BCUT2D eigenvalue weighted by atomic mass is 79.9. The van der Waals surface area contributed by atoms with Gasteiger partial charge in [-0.2, -0.15) is 0 Å². The second-order valence-electron chi connectivity index (χ2n) is 5.16. The van der Waals surface area contributed by atoms with E-state index < -0.39 is 0 Å². The number of para-hydroxylation sites is 1. The molecule has 1 heterocycles. The third-order valence-electron chi connectivity index (χ3n) is 3.43. The van der Waals surface area contributed by atoms with Gasteiger partial charge in [0.15, 0.2) is 11.0 Å². The van der Waals surface area contributed by atoms with Crippen molar-refractivity contribution in [1.29, 1.82) is 0 Å². The van der Waals surface area contributed by atoms with Gasteiger partial charge in [0, 0.05) is 17.1 Å². The molecule has 3 aromatic rings. The number of hydrogen-bond donors (Lipinski definition) is 1. The molecule has 0 aliphatic heterocycles. The number of carbonyl (C=O) groups excluding carboxylic acids is 1. The van der Waals surface area contributed by atoms with E-state index in [4.69, 9.17) is 11.6 Å². The number of rotatable bonds is 5. The van der Waals surface area contributed by atoms with Crippen LogP contribution in [0.1, 0.15) is 0 Å². The molecule has 0 aliphatic rings. The molecule has 0 saturated heterocycles. The van der Waals surface area contributed by atoms with Crippen LogP contribution in [-0.4, -0.2) is 26.4 Å². The third kappa shape index (κ3) is 4.23. The van der Waals surface area contributed by atoms with E-state index in [0.29, 0.717) is 15.9 Å². The first-order valence-electron chi connectivity index (χ1n) is 7.37. The molecule has 25 heavy (non-hydrogen) atoms. The summed E-state index contributed by atoms with van der Waals surface area (Å²) in [6, 6.07) is 14.9. The second kappa shape index (κ2) is 8.03. The van der Waals surface area contributed by atoms with E-state index in [9.17, 15) is 4.79 Å². The normalized spacial score (nSPS) is 10.7. The van der Waals surface area contributed by atoms with Gasteiger partial charge in [-0.1, -0.05) is 69.6 Å². The van der Waals surface area contributed by atoms with Crippen LogP contribution in [0.15, 0.2) is 58.2 Å². The lowest BCUT2D eigenvalue weighted by molar-refractivity contribution is -0.113. The molecule has 1 amide bonds. The van der Waals surface area contributed by atoms with Crippen molar-refractivity contribution in [3.63, 3.8) is 0 Å². The molecule has 0 spiro atoms. The second-order valence-corrected chi connectivity index (χ2v) is 7.37. The molecular weight excluding hydrogens is 424 g/mol. The molecule has 1 aromatic heterocycles. The van der Waals surface area contributed by atoms with E-state index in [1.54, 1.807) is 12.1 Å². The summed E-state index contributed by atoms with van der Waals surface area (Å²) in [5.41, 5.74) is 1.55. The number of halogens is 2. The quantitative estimate of drug-likeness (QED) is 0.591. The Morgan fingerprint density at radius 3 is 2.68 bits per heavy atom. The Morgan fingerprint density at radius 1 is 1.20 bits per heavy atom. The van der Waals surface area contributed by atoms with Gasteiger partial charge in [0.1, 0.15) is 0 Å². The summed E-state index contributed by atoms with van der Waals surface area (Å²) in [5.74, 6) is 0.803. The number of carbonyl (C=O) groups is 1. The summed E-state index contributed by atoms with van der Waals surface area (Å²) >= 11 is 10.9. The van der Waals surface area contributed by atoms with Crippen molar-refractivity contribution in [2.75, 3.05) is 11.1 Å². The molecule has 0 atom stereocenters. The van der Waals surface area contributed by atoms with Crippen LogP contribution in [0.3, 0.4) is 0 Å². The van der Waals surface area contributed by atoms with E-state index in [0.717, 1.165) is 15.9 Å². The fourth-order valence-electron chi connectivity index (χ4n) is 2.20. The lowest BCUT2D eigenvalue weighted by atomic mass is 10.2. The van der Waals surface area contributed by atoms with Crippen LogP contribution in [0.25, 0.3) is 11.4 Å². The maximum Gasteiger partial charge on any atom is 0.234 e. The molecule has 2 aromatic carbocycles. The van der Waals surface area contributed by atoms with E-state index in [-0.39, 0.29) is 11.7 Å². The predicted octanol–water partition coefficient (Wildman–Crippen LogP) is 4.63. The van der Waals surface area contributed by atoms with Crippen LogP contribution < -0.4 is 5.32 Å². The summed E-state index contributed by atoms with van der Waals surface area (Å²) in [5, 5.41) is 12.4. The standard InChI is InChI=1S/C17H14BrClN4OS/c1-23-16(11-6-2-3-7-12(11)18)21-22-17(23)25-10-15(24)20-14-9-5-4-8-13(14)19/h2-9H,10H2,1H3,(H,20,24). The zero-order valence-corrected chi connectivity index (χ0v) is 16.4. The molecule has 128 valence electrons. The van der Waals surface area contributed by atoms with Crippen molar-refractivity contribution < 1.29 is 4.79 Å². The van der Waals surface area contributed by atoms with Gasteiger partial charge in [0.25, 0.3) is 0 Å². The summed E-state index contributed by atoms with van der Waals surface area (Å²) < 4.78 is 2.81. The number of benzene rings is 2. The molecular formula is C17H14BrClN4OS. The smallest absolute Gasteiger partial charge is 0.234 e. The van der Waals surface area contributed by atoms with Crippen LogP contribution in [0.5, 0.6) is 0 Å². The molecule has 0 saturated carbocycles. The Balaban J connectivity index is 1.67. The Morgan fingerprint density at radius 2 is 1.92 bits per heavy atom. The monoisotopic (exact) mass is 436 g/mol. The maximum absolute atomic E-state index is 12.1. The fraction of sp³-hybridized carbons (Fsp3) is 0.118. The van der Waals surface area contributed by atoms with Crippen molar-refractivity contribution in [3.05, 3.63) is 58.0 Å². The number of hydrogen-bond acceptors (Lipinski definition) is 4. The minimum atomic E-state index is -0.149. The topological polar surface area (TPSA) is 59.8 Å². The number of aromatic nitrogens is 3. The summed E-state index contributed by atoms with van der Waals surface area (Å²) in [6.45, 7) is 0. The molecule has 5 nitrogen and oxygen atoms in total. The highest BCUT2D eigenvalue weighted by molar-refractivity contribution is 9.10. The minimum absolute atomic E-state index is 0.149. The Bertz CT molecular complexity index is 915. The first kappa shape index (κ1) is 18.0. The van der Waals surface area contributed by atoms with Crippen molar-refractivity contribution >= 4 is 50.9 Å². The Labute approximate surface area is 162 Å². The van der Waals surface area contributed by atoms with Gasteiger partial charge in [-0.15, -0.1) is 10.2 Å². The SMILES string of the molecule is Cn1c(SCC(=O)Nc2ccccc2Cl)nnc1-c1ccccc1Br. The number of nitrogens with zero attached hydrogens (tertiary/aromatic N) is 3. The Kier molecular flexibility index (Phi) is 5.78. The van der Waals surface area contributed by atoms with Gasteiger partial charge in [0.05, 0.1) is 16.5 Å². The third-order valence-corrected chi connectivity index (χ3v) is 5.47. The molecule has 0 unspecified atom stereocenters. The van der Waals surface area contributed by atoms with Crippen LogP contribution >= 0.6 is 39.3 Å². The molecule has 0 radical (unpaired) electrons. The Hall–Kier alpha value is -1.83. The lowest BCUT2D eigenvalue weighted by Gasteiger charge is -2.07. The average molecular weight is 438 g/mol. The minimum Gasteiger partial charge on any atom is -0.324 e. The van der Waals surface area contributed by atoms with Gasteiger partial charge in [-0.25, -0.2) is 0 Å². The zero-order valence-electron chi connectivity index (χ0n) is 13.2. The van der Waals surface area contributed by atoms with Gasteiger partial charge in [-0.05, 0) is 18.2 Å². The lowest BCUT2D eigenvalue weighted by Crippen LogP contribution is -2.14.